The molecule has 1 aromatic carbocycles. The van der Waals surface area contributed by atoms with Crippen LogP contribution in [0.4, 0.5) is 19.1 Å². The lowest BCUT2D eigenvalue weighted by Crippen LogP contribution is -2.18. The Morgan fingerprint density at radius 1 is 1.14 bits per heavy atom. The molecule has 8 heteroatoms. The standard InChI is InChI=1S/C14H15F3N4O/c1-13(2,3)9-6-4-8(5-7-9)10(22)21-12(18)19-11(20-21)14(15,16)17/h4-7H,1-3H3,(H2,18,19,20). The Hall–Kier alpha value is -2.38. The van der Waals surface area contributed by atoms with Crippen LogP contribution in [-0.2, 0) is 11.6 Å². The second-order valence-electron chi connectivity index (χ2n) is 5.84. The van der Waals surface area contributed by atoms with Crippen LogP contribution in [0.5, 0.6) is 0 Å². The fourth-order valence-corrected chi connectivity index (χ4v) is 1.83. The van der Waals surface area contributed by atoms with Crippen LogP contribution in [0, 0.1) is 0 Å². The number of alkyl halides is 3. The van der Waals surface area contributed by atoms with E-state index in [0.717, 1.165) is 5.56 Å². The summed E-state index contributed by atoms with van der Waals surface area (Å²) in [5.41, 5.74) is 6.42. The van der Waals surface area contributed by atoms with E-state index in [1.165, 1.54) is 12.1 Å². The van der Waals surface area contributed by atoms with Gasteiger partial charge >= 0.3 is 6.18 Å². The highest BCUT2D eigenvalue weighted by atomic mass is 19.4. The van der Waals surface area contributed by atoms with Gasteiger partial charge in [0.05, 0.1) is 0 Å². The molecule has 0 fully saturated rings. The van der Waals surface area contributed by atoms with Gasteiger partial charge in [0.15, 0.2) is 0 Å². The van der Waals surface area contributed by atoms with Crippen molar-refractivity contribution in [3.63, 3.8) is 0 Å². The number of nitrogens with zero attached hydrogens (tertiary/aromatic N) is 3. The van der Waals surface area contributed by atoms with Crippen molar-refractivity contribution in [2.24, 2.45) is 0 Å². The molecular weight excluding hydrogens is 297 g/mol. The minimum atomic E-state index is -4.75. The molecule has 0 bridgehead atoms. The van der Waals surface area contributed by atoms with Gasteiger partial charge in [-0.2, -0.15) is 22.8 Å². The van der Waals surface area contributed by atoms with Crippen LogP contribution in [0.2, 0.25) is 0 Å². The summed E-state index contributed by atoms with van der Waals surface area (Å²) in [6, 6.07) is 6.53. The highest BCUT2D eigenvalue weighted by Gasteiger charge is 2.37. The molecule has 0 aliphatic heterocycles. The number of carbonyl (C=O) groups is 1. The normalized spacial score (nSPS) is 12.5. The molecule has 0 radical (unpaired) electrons. The summed E-state index contributed by atoms with van der Waals surface area (Å²) >= 11 is 0. The van der Waals surface area contributed by atoms with Crippen molar-refractivity contribution in [2.75, 3.05) is 5.73 Å². The first-order chi connectivity index (χ1) is 10.00. The SMILES string of the molecule is CC(C)(C)c1ccc(C(=O)n2nc(C(F)(F)F)nc2N)cc1. The van der Waals surface area contributed by atoms with Crippen molar-refractivity contribution in [1.29, 1.82) is 0 Å². The molecule has 2 N–H and O–H groups in total. The summed E-state index contributed by atoms with van der Waals surface area (Å²) in [6.45, 7) is 6.03. The molecule has 0 atom stereocenters. The Kier molecular flexibility index (Phi) is 3.72. The molecule has 1 aromatic heterocycles. The Balaban J connectivity index is 2.35. The maximum atomic E-state index is 12.5. The van der Waals surface area contributed by atoms with Gasteiger partial charge < -0.3 is 5.73 Å². The molecule has 2 rings (SSSR count). The van der Waals surface area contributed by atoms with E-state index < -0.39 is 23.9 Å². The lowest BCUT2D eigenvalue weighted by Gasteiger charge is -2.18. The summed E-state index contributed by atoms with van der Waals surface area (Å²) < 4.78 is 38.0. The first-order valence-electron chi connectivity index (χ1n) is 6.45. The first-order valence-corrected chi connectivity index (χ1v) is 6.45. The van der Waals surface area contributed by atoms with E-state index in [4.69, 9.17) is 5.73 Å². The molecule has 0 saturated carbocycles. The monoisotopic (exact) mass is 312 g/mol. The average Bonchev–Trinajstić information content (AvgIpc) is 2.79. The van der Waals surface area contributed by atoms with Crippen molar-refractivity contribution in [1.82, 2.24) is 14.8 Å². The van der Waals surface area contributed by atoms with Crippen molar-refractivity contribution in [3.8, 4) is 0 Å². The summed E-state index contributed by atoms with van der Waals surface area (Å²) in [5, 5.41) is 3.13. The zero-order valence-corrected chi connectivity index (χ0v) is 12.3. The van der Waals surface area contributed by atoms with Crippen LogP contribution in [0.3, 0.4) is 0 Å². The number of nitrogen functional groups attached to an aromatic ring is 1. The molecule has 2 aromatic rings. The van der Waals surface area contributed by atoms with Gasteiger partial charge in [0.1, 0.15) is 0 Å². The minimum Gasteiger partial charge on any atom is -0.368 e. The molecule has 0 spiro atoms. The zero-order chi connectivity index (χ0) is 16.7. The number of rotatable bonds is 1. The third-order valence-electron chi connectivity index (χ3n) is 3.08. The van der Waals surface area contributed by atoms with Crippen molar-refractivity contribution in [3.05, 3.63) is 41.2 Å². The maximum absolute atomic E-state index is 12.5. The number of benzene rings is 1. The lowest BCUT2D eigenvalue weighted by atomic mass is 9.87. The fraction of sp³-hybridized carbons (Fsp3) is 0.357. The van der Waals surface area contributed by atoms with E-state index in [2.05, 4.69) is 10.1 Å². The third-order valence-corrected chi connectivity index (χ3v) is 3.08. The Morgan fingerprint density at radius 2 is 1.68 bits per heavy atom. The van der Waals surface area contributed by atoms with Gasteiger partial charge in [-0.25, -0.2) is 0 Å². The molecule has 0 unspecified atom stereocenters. The Bertz CT molecular complexity index is 696. The van der Waals surface area contributed by atoms with Gasteiger partial charge in [0.2, 0.25) is 5.95 Å². The molecule has 22 heavy (non-hydrogen) atoms. The van der Waals surface area contributed by atoms with E-state index in [0.29, 0.717) is 4.68 Å². The van der Waals surface area contributed by atoms with Crippen LogP contribution in [-0.4, -0.2) is 20.7 Å². The molecule has 0 amide bonds. The number of hydrogen-bond donors (Lipinski definition) is 1. The molecule has 0 saturated heterocycles. The average molecular weight is 312 g/mol. The Labute approximate surface area is 125 Å². The van der Waals surface area contributed by atoms with Gasteiger partial charge in [-0.15, -0.1) is 5.10 Å². The van der Waals surface area contributed by atoms with E-state index in [-0.39, 0.29) is 11.0 Å². The quantitative estimate of drug-likeness (QED) is 0.878. The highest BCUT2D eigenvalue weighted by Crippen LogP contribution is 2.27. The third kappa shape index (κ3) is 3.10. The summed E-state index contributed by atoms with van der Waals surface area (Å²) in [6.07, 6.45) is -4.75. The van der Waals surface area contributed by atoms with Crippen LogP contribution in [0.1, 0.15) is 42.5 Å². The van der Waals surface area contributed by atoms with Crippen LogP contribution in [0.25, 0.3) is 0 Å². The number of aromatic nitrogens is 3. The maximum Gasteiger partial charge on any atom is 0.453 e. The molecule has 118 valence electrons. The number of carbonyl (C=O) groups excluding carboxylic acids is 1. The molecule has 5 nitrogen and oxygen atoms in total. The Morgan fingerprint density at radius 3 is 2.09 bits per heavy atom. The summed E-state index contributed by atoms with van der Waals surface area (Å²) in [7, 11) is 0. The number of halogens is 3. The van der Waals surface area contributed by atoms with Gasteiger partial charge in [0.25, 0.3) is 11.7 Å². The van der Waals surface area contributed by atoms with E-state index >= 15 is 0 Å². The fourth-order valence-electron chi connectivity index (χ4n) is 1.83. The predicted molar refractivity (Wildman–Crippen MR) is 74.3 cm³/mol. The number of nitrogens with two attached hydrogens (primary N) is 1. The van der Waals surface area contributed by atoms with Crippen molar-refractivity contribution in [2.45, 2.75) is 32.4 Å². The smallest absolute Gasteiger partial charge is 0.368 e. The largest absolute Gasteiger partial charge is 0.453 e. The van der Waals surface area contributed by atoms with E-state index in [1.807, 2.05) is 20.8 Å². The summed E-state index contributed by atoms with van der Waals surface area (Å²) in [4.78, 5) is 15.3. The van der Waals surface area contributed by atoms with E-state index in [9.17, 15) is 18.0 Å². The molecule has 1 heterocycles. The highest BCUT2D eigenvalue weighted by molar-refractivity contribution is 5.96. The molecule has 0 aliphatic rings. The van der Waals surface area contributed by atoms with Crippen LogP contribution in [0.15, 0.2) is 24.3 Å². The number of anilines is 1. The predicted octanol–water partition coefficient (Wildman–Crippen LogP) is 2.87. The molecular formula is C14H15F3N4O. The second-order valence-corrected chi connectivity index (χ2v) is 5.84. The molecule has 0 aliphatic carbocycles. The van der Waals surface area contributed by atoms with Crippen molar-refractivity contribution >= 4 is 11.9 Å². The number of hydrogen-bond acceptors (Lipinski definition) is 4. The topological polar surface area (TPSA) is 73.8 Å². The van der Waals surface area contributed by atoms with Gasteiger partial charge in [-0.3, -0.25) is 4.79 Å². The van der Waals surface area contributed by atoms with Gasteiger partial charge in [-0.1, -0.05) is 32.9 Å². The van der Waals surface area contributed by atoms with Crippen molar-refractivity contribution < 1.29 is 18.0 Å². The van der Waals surface area contributed by atoms with E-state index in [1.54, 1.807) is 12.1 Å². The van der Waals surface area contributed by atoms with Crippen LogP contribution >= 0.6 is 0 Å². The minimum absolute atomic E-state index is 0.0999. The zero-order valence-electron chi connectivity index (χ0n) is 12.3. The second kappa shape index (κ2) is 5.11. The lowest BCUT2D eigenvalue weighted by molar-refractivity contribution is -0.144. The summed E-state index contributed by atoms with van der Waals surface area (Å²) in [5.74, 6) is -2.80. The van der Waals surface area contributed by atoms with Crippen LogP contribution < -0.4 is 5.73 Å². The first kappa shape index (κ1) is 16.0. The van der Waals surface area contributed by atoms with Gasteiger partial charge in [0, 0.05) is 5.56 Å². The van der Waals surface area contributed by atoms with Gasteiger partial charge in [-0.05, 0) is 23.1 Å².